The van der Waals surface area contributed by atoms with Gasteiger partial charge in [-0.05, 0) is 13.3 Å². The Morgan fingerprint density at radius 3 is 2.25 bits per heavy atom. The van der Waals surface area contributed by atoms with Crippen LogP contribution in [0.3, 0.4) is 0 Å². The van der Waals surface area contributed by atoms with E-state index in [4.69, 9.17) is 4.74 Å². The molecule has 0 spiro atoms. The fourth-order valence-corrected chi connectivity index (χ4v) is 1.38. The van der Waals surface area contributed by atoms with E-state index in [2.05, 4.69) is 22.1 Å². The molecular formula is C16H32N2O2. The molecule has 1 aliphatic heterocycles. The van der Waals surface area contributed by atoms with E-state index in [-0.39, 0.29) is 11.8 Å². The Bertz CT molecular complexity index is 276. The number of nitrogens with one attached hydrogen (secondary N) is 1. The van der Waals surface area contributed by atoms with E-state index in [1.54, 1.807) is 7.05 Å². The first-order valence-corrected chi connectivity index (χ1v) is 7.57. The SMILES string of the molecule is CC.CC#CCN1CCOCC1.CCC(C)C(=O)NC. The standard InChI is InChI=1S/C8H13NO.C6H13NO.C2H6/c1-2-3-4-9-5-7-10-8-6-9;1-4-5(2)6(8)7-3;1-2/h4-8H2,1H3;5H,4H2,1-3H3,(H,7,8);1-2H3. The van der Waals surface area contributed by atoms with Gasteiger partial charge in [0, 0.05) is 26.1 Å². The highest BCUT2D eigenvalue weighted by Crippen LogP contribution is 1.97. The van der Waals surface area contributed by atoms with Gasteiger partial charge in [0.1, 0.15) is 0 Å². The van der Waals surface area contributed by atoms with E-state index in [1.165, 1.54) is 0 Å². The molecule has 1 amide bonds. The van der Waals surface area contributed by atoms with Crippen molar-refractivity contribution in [2.45, 2.75) is 41.0 Å². The number of nitrogens with zero attached hydrogens (tertiary/aromatic N) is 1. The van der Waals surface area contributed by atoms with Crippen molar-refractivity contribution < 1.29 is 9.53 Å². The van der Waals surface area contributed by atoms with Gasteiger partial charge in [-0.25, -0.2) is 0 Å². The van der Waals surface area contributed by atoms with E-state index >= 15 is 0 Å². The molecule has 0 bridgehead atoms. The summed E-state index contributed by atoms with van der Waals surface area (Å²) in [6.07, 6.45) is 0.916. The number of carbonyl (C=O) groups is 1. The van der Waals surface area contributed by atoms with Crippen molar-refractivity contribution in [3.63, 3.8) is 0 Å². The quantitative estimate of drug-likeness (QED) is 0.807. The molecule has 0 radical (unpaired) electrons. The summed E-state index contributed by atoms with van der Waals surface area (Å²) in [6, 6.07) is 0. The second-order valence-corrected chi connectivity index (χ2v) is 4.24. The van der Waals surface area contributed by atoms with Crippen LogP contribution < -0.4 is 5.32 Å². The Morgan fingerprint density at radius 2 is 1.90 bits per heavy atom. The Morgan fingerprint density at radius 1 is 1.35 bits per heavy atom. The third-order valence-corrected chi connectivity index (χ3v) is 2.89. The van der Waals surface area contributed by atoms with Gasteiger partial charge in [0.05, 0.1) is 19.8 Å². The second kappa shape index (κ2) is 16.0. The number of amides is 1. The molecule has 20 heavy (non-hydrogen) atoms. The molecule has 0 aromatic rings. The van der Waals surface area contributed by atoms with Gasteiger partial charge in [0.25, 0.3) is 0 Å². The van der Waals surface area contributed by atoms with E-state index in [1.807, 2.05) is 34.6 Å². The molecule has 0 aliphatic carbocycles. The zero-order valence-corrected chi connectivity index (χ0v) is 14.1. The molecule has 1 aliphatic rings. The number of rotatable bonds is 3. The Balaban J connectivity index is 0. The van der Waals surface area contributed by atoms with Crippen LogP contribution in [-0.4, -0.2) is 50.7 Å². The predicted molar refractivity (Wildman–Crippen MR) is 85.6 cm³/mol. The lowest BCUT2D eigenvalue weighted by Gasteiger charge is -2.24. The van der Waals surface area contributed by atoms with Crippen LogP contribution in [0.5, 0.6) is 0 Å². The van der Waals surface area contributed by atoms with Gasteiger partial charge in [-0.15, -0.1) is 5.92 Å². The first-order valence-electron chi connectivity index (χ1n) is 7.57. The van der Waals surface area contributed by atoms with Crippen molar-refractivity contribution in [3.05, 3.63) is 0 Å². The second-order valence-electron chi connectivity index (χ2n) is 4.24. The van der Waals surface area contributed by atoms with Gasteiger partial charge < -0.3 is 10.1 Å². The molecule has 1 atom stereocenters. The largest absolute Gasteiger partial charge is 0.379 e. The fourth-order valence-electron chi connectivity index (χ4n) is 1.38. The minimum absolute atomic E-state index is 0.132. The zero-order chi connectivity index (χ0) is 15.8. The molecule has 1 saturated heterocycles. The van der Waals surface area contributed by atoms with Crippen LogP contribution in [0.15, 0.2) is 0 Å². The van der Waals surface area contributed by atoms with Crippen LogP contribution in [0.2, 0.25) is 0 Å². The van der Waals surface area contributed by atoms with Crippen molar-refractivity contribution in [2.24, 2.45) is 5.92 Å². The normalized spacial score (nSPS) is 15.3. The Labute approximate surface area is 125 Å². The minimum atomic E-state index is 0.132. The predicted octanol–water partition coefficient (Wildman–Crippen LogP) is 2.15. The third kappa shape index (κ3) is 12.0. The van der Waals surface area contributed by atoms with Crippen LogP contribution >= 0.6 is 0 Å². The fraction of sp³-hybridized carbons (Fsp3) is 0.812. The monoisotopic (exact) mass is 284 g/mol. The third-order valence-electron chi connectivity index (χ3n) is 2.89. The van der Waals surface area contributed by atoms with Gasteiger partial charge in [0.2, 0.25) is 5.91 Å². The van der Waals surface area contributed by atoms with Crippen LogP contribution in [0.25, 0.3) is 0 Å². The van der Waals surface area contributed by atoms with Crippen molar-refractivity contribution in [3.8, 4) is 11.8 Å². The molecule has 0 aromatic carbocycles. The summed E-state index contributed by atoms with van der Waals surface area (Å²) in [5.41, 5.74) is 0. The summed E-state index contributed by atoms with van der Waals surface area (Å²) in [6.45, 7) is 14.5. The highest BCUT2D eigenvalue weighted by Gasteiger charge is 2.07. The molecule has 4 heteroatoms. The van der Waals surface area contributed by atoms with E-state index in [0.717, 1.165) is 39.3 Å². The molecule has 0 aromatic heterocycles. The van der Waals surface area contributed by atoms with E-state index < -0.39 is 0 Å². The number of hydrogen-bond acceptors (Lipinski definition) is 3. The van der Waals surface area contributed by atoms with E-state index in [0.29, 0.717) is 0 Å². The van der Waals surface area contributed by atoms with Crippen LogP contribution in [0.4, 0.5) is 0 Å². The summed E-state index contributed by atoms with van der Waals surface area (Å²) >= 11 is 0. The molecule has 118 valence electrons. The maximum absolute atomic E-state index is 10.6. The first kappa shape index (κ1) is 21.3. The molecule has 0 saturated carbocycles. The zero-order valence-electron chi connectivity index (χ0n) is 14.1. The maximum atomic E-state index is 10.6. The summed E-state index contributed by atoms with van der Waals surface area (Å²) < 4.78 is 5.19. The van der Waals surface area contributed by atoms with Gasteiger partial charge >= 0.3 is 0 Å². The molecule has 1 rings (SSSR count). The summed E-state index contributed by atoms with van der Waals surface area (Å²) in [7, 11) is 1.66. The molecule has 1 fully saturated rings. The highest BCUT2D eigenvalue weighted by atomic mass is 16.5. The van der Waals surface area contributed by atoms with Crippen molar-refractivity contribution in [2.75, 3.05) is 39.9 Å². The molecule has 1 unspecified atom stereocenters. The molecular weight excluding hydrogens is 252 g/mol. The van der Waals surface area contributed by atoms with Gasteiger partial charge in [-0.1, -0.05) is 33.6 Å². The average Bonchev–Trinajstić information content (AvgIpc) is 2.54. The lowest BCUT2D eigenvalue weighted by atomic mass is 10.1. The van der Waals surface area contributed by atoms with Gasteiger partial charge in [-0.3, -0.25) is 9.69 Å². The molecule has 1 heterocycles. The van der Waals surface area contributed by atoms with E-state index in [9.17, 15) is 4.79 Å². The highest BCUT2D eigenvalue weighted by molar-refractivity contribution is 5.77. The van der Waals surface area contributed by atoms with Gasteiger partial charge in [-0.2, -0.15) is 0 Å². The van der Waals surface area contributed by atoms with Crippen LogP contribution in [-0.2, 0) is 9.53 Å². The van der Waals surface area contributed by atoms with Crippen LogP contribution in [0.1, 0.15) is 41.0 Å². The van der Waals surface area contributed by atoms with Crippen molar-refractivity contribution in [1.82, 2.24) is 10.2 Å². The number of carbonyl (C=O) groups excluding carboxylic acids is 1. The van der Waals surface area contributed by atoms with Crippen LogP contribution in [0, 0.1) is 17.8 Å². The lowest BCUT2D eigenvalue weighted by Crippen LogP contribution is -2.36. The number of morpholine rings is 1. The Kier molecular flexibility index (Phi) is 17.0. The number of hydrogen-bond donors (Lipinski definition) is 1. The van der Waals surface area contributed by atoms with Crippen molar-refractivity contribution in [1.29, 1.82) is 0 Å². The molecule has 4 nitrogen and oxygen atoms in total. The summed E-state index contributed by atoms with van der Waals surface area (Å²) in [5.74, 6) is 6.22. The lowest BCUT2D eigenvalue weighted by molar-refractivity contribution is -0.124. The number of ether oxygens (including phenoxy) is 1. The van der Waals surface area contributed by atoms with Gasteiger partial charge in [0.15, 0.2) is 0 Å². The molecule has 1 N–H and O–H groups in total. The maximum Gasteiger partial charge on any atom is 0.222 e. The van der Waals surface area contributed by atoms with Crippen molar-refractivity contribution >= 4 is 5.91 Å². The summed E-state index contributed by atoms with van der Waals surface area (Å²) in [4.78, 5) is 12.9. The first-order chi connectivity index (χ1) is 9.65. The minimum Gasteiger partial charge on any atom is -0.379 e. The topological polar surface area (TPSA) is 41.6 Å². The summed E-state index contributed by atoms with van der Waals surface area (Å²) in [5, 5.41) is 2.58. The Hall–Kier alpha value is -1.05. The average molecular weight is 284 g/mol. The smallest absolute Gasteiger partial charge is 0.222 e.